The van der Waals surface area contributed by atoms with E-state index in [-0.39, 0.29) is 12.0 Å². The van der Waals surface area contributed by atoms with Crippen LogP contribution in [0.15, 0.2) is 47.3 Å². The predicted molar refractivity (Wildman–Crippen MR) is 117 cm³/mol. The number of aryl methyl sites for hydroxylation is 2. The van der Waals surface area contributed by atoms with Gasteiger partial charge >= 0.3 is 5.97 Å². The Balaban J connectivity index is 1.51. The van der Waals surface area contributed by atoms with Crippen LogP contribution in [0.1, 0.15) is 31.2 Å². The van der Waals surface area contributed by atoms with Crippen LogP contribution in [-0.4, -0.2) is 35.1 Å². The maximum Gasteiger partial charge on any atom is 0.306 e. The van der Waals surface area contributed by atoms with Crippen molar-refractivity contribution in [1.82, 2.24) is 9.97 Å². The lowest BCUT2D eigenvalue weighted by atomic mass is 10.2. The Morgan fingerprint density at radius 2 is 1.97 bits per heavy atom. The van der Waals surface area contributed by atoms with Crippen molar-refractivity contribution in [2.75, 3.05) is 12.4 Å². The van der Waals surface area contributed by atoms with Crippen molar-refractivity contribution in [3.8, 4) is 5.75 Å². The first-order chi connectivity index (χ1) is 14.9. The van der Waals surface area contributed by atoms with E-state index in [4.69, 9.17) is 9.47 Å². The maximum absolute atomic E-state index is 12.4. The van der Waals surface area contributed by atoms with E-state index in [0.29, 0.717) is 41.0 Å². The molecule has 0 radical (unpaired) electrons. The molecule has 0 spiro atoms. The first kappa shape index (κ1) is 22.0. The molecule has 0 fully saturated rings. The Morgan fingerprint density at radius 3 is 2.74 bits per heavy atom. The maximum atomic E-state index is 12.4. The number of carbonyl (C=O) groups excluding carboxylic acids is 2. The molecule has 1 heterocycles. The number of esters is 1. The number of amides is 1. The van der Waals surface area contributed by atoms with Gasteiger partial charge in [-0.15, -0.1) is 0 Å². The van der Waals surface area contributed by atoms with E-state index < -0.39 is 18.0 Å². The number of nitrogens with one attached hydrogen (secondary N) is 2. The van der Waals surface area contributed by atoms with Crippen molar-refractivity contribution < 1.29 is 19.1 Å². The summed E-state index contributed by atoms with van der Waals surface area (Å²) in [6.45, 7) is 3.41. The Morgan fingerprint density at radius 1 is 1.19 bits per heavy atom. The van der Waals surface area contributed by atoms with Crippen molar-refractivity contribution in [3.63, 3.8) is 0 Å². The number of fused-ring (bicyclic) bond motifs is 1. The molecule has 1 atom stereocenters. The number of methoxy groups -OCH3 is 1. The Labute approximate surface area is 179 Å². The van der Waals surface area contributed by atoms with Crippen LogP contribution >= 0.6 is 0 Å². The number of hydrogen-bond donors (Lipinski definition) is 2. The summed E-state index contributed by atoms with van der Waals surface area (Å²) in [6, 6.07) is 12.5. The monoisotopic (exact) mass is 423 g/mol. The summed E-state index contributed by atoms with van der Waals surface area (Å²) in [6.07, 6.45) is -0.0190. The summed E-state index contributed by atoms with van der Waals surface area (Å²) in [4.78, 5) is 43.8. The summed E-state index contributed by atoms with van der Waals surface area (Å²) in [5.41, 5.74) is 1.88. The molecule has 0 aliphatic rings. The molecule has 3 aromatic rings. The second-order valence-electron chi connectivity index (χ2n) is 7.21. The fourth-order valence-corrected chi connectivity index (χ4v) is 3.12. The predicted octanol–water partition coefficient (Wildman–Crippen LogP) is 3.13. The van der Waals surface area contributed by atoms with E-state index in [1.54, 1.807) is 30.3 Å². The molecule has 1 amide bonds. The minimum atomic E-state index is -0.962. The van der Waals surface area contributed by atoms with Gasteiger partial charge in [0.2, 0.25) is 0 Å². The minimum Gasteiger partial charge on any atom is -0.495 e. The topological polar surface area (TPSA) is 110 Å². The number of carbonyl (C=O) groups is 2. The van der Waals surface area contributed by atoms with Crippen molar-refractivity contribution in [3.05, 3.63) is 64.2 Å². The zero-order chi connectivity index (χ0) is 22.4. The molecule has 0 saturated carbocycles. The first-order valence-corrected chi connectivity index (χ1v) is 10.0. The van der Waals surface area contributed by atoms with E-state index in [1.165, 1.54) is 14.0 Å². The van der Waals surface area contributed by atoms with Gasteiger partial charge in [-0.3, -0.25) is 14.4 Å². The molecule has 2 N–H and O–H groups in total. The van der Waals surface area contributed by atoms with Crippen LogP contribution in [0.25, 0.3) is 10.9 Å². The second kappa shape index (κ2) is 9.88. The number of aromatic amines is 1. The van der Waals surface area contributed by atoms with E-state index in [0.717, 1.165) is 5.56 Å². The number of para-hydroxylation sites is 1. The number of rotatable bonds is 8. The molecule has 3 rings (SSSR count). The quantitative estimate of drug-likeness (QED) is 0.539. The smallest absolute Gasteiger partial charge is 0.306 e. The molecule has 2 aromatic carbocycles. The summed E-state index contributed by atoms with van der Waals surface area (Å²) in [7, 11) is 1.52. The minimum absolute atomic E-state index is 0.0991. The molecular formula is C23H25N3O5. The fourth-order valence-electron chi connectivity index (χ4n) is 3.12. The first-order valence-electron chi connectivity index (χ1n) is 10.0. The standard InChI is InChI=1S/C23H25N3O5/c1-14-11-12-19(30-3)18(13-14)25-22(28)15(2)31-21(27)10-6-9-20-24-17-8-5-4-7-16(17)23(29)26-20/h4-5,7-8,11-13,15H,6,9-10H2,1-3H3,(H,25,28)(H,24,26,29)/t15-/m1/s1. The lowest BCUT2D eigenvalue weighted by molar-refractivity contribution is -0.153. The third-order valence-electron chi connectivity index (χ3n) is 4.75. The van der Waals surface area contributed by atoms with Crippen molar-refractivity contribution in [2.45, 2.75) is 39.2 Å². The molecule has 8 heteroatoms. The van der Waals surface area contributed by atoms with Crippen LogP contribution in [-0.2, 0) is 20.7 Å². The molecule has 1 aromatic heterocycles. The van der Waals surface area contributed by atoms with E-state index in [2.05, 4.69) is 15.3 Å². The highest BCUT2D eigenvalue weighted by atomic mass is 16.5. The molecule has 8 nitrogen and oxygen atoms in total. The van der Waals surface area contributed by atoms with Gasteiger partial charge in [-0.05, 0) is 50.1 Å². The number of aromatic nitrogens is 2. The third-order valence-corrected chi connectivity index (χ3v) is 4.75. The van der Waals surface area contributed by atoms with Gasteiger partial charge in [-0.1, -0.05) is 18.2 Å². The summed E-state index contributed by atoms with van der Waals surface area (Å²) in [5.74, 6) is 0.0861. The third kappa shape index (κ3) is 5.69. The Hall–Kier alpha value is -3.68. The normalized spacial score (nSPS) is 11.7. The van der Waals surface area contributed by atoms with Gasteiger partial charge in [-0.2, -0.15) is 0 Å². The number of hydrogen-bond acceptors (Lipinski definition) is 6. The van der Waals surface area contributed by atoms with Crippen molar-refractivity contribution >= 4 is 28.5 Å². The number of ether oxygens (including phenoxy) is 2. The highest BCUT2D eigenvalue weighted by Gasteiger charge is 2.19. The van der Waals surface area contributed by atoms with Gasteiger partial charge in [-0.25, -0.2) is 4.98 Å². The van der Waals surface area contributed by atoms with Crippen LogP contribution < -0.4 is 15.6 Å². The van der Waals surface area contributed by atoms with Gasteiger partial charge in [0.25, 0.3) is 11.5 Å². The van der Waals surface area contributed by atoms with Crippen LogP contribution in [0.5, 0.6) is 5.75 Å². The highest BCUT2D eigenvalue weighted by molar-refractivity contribution is 5.96. The zero-order valence-corrected chi connectivity index (χ0v) is 17.7. The zero-order valence-electron chi connectivity index (χ0n) is 17.7. The van der Waals surface area contributed by atoms with E-state index in [9.17, 15) is 14.4 Å². The number of benzene rings is 2. The summed E-state index contributed by atoms with van der Waals surface area (Å²) in [5, 5.41) is 3.25. The number of H-pyrrole nitrogens is 1. The Bertz CT molecular complexity index is 1160. The average molecular weight is 423 g/mol. The van der Waals surface area contributed by atoms with Crippen LogP contribution in [0, 0.1) is 6.92 Å². The molecule has 162 valence electrons. The van der Waals surface area contributed by atoms with Crippen LogP contribution in [0.4, 0.5) is 5.69 Å². The van der Waals surface area contributed by atoms with Crippen LogP contribution in [0.3, 0.4) is 0 Å². The molecule has 0 saturated heterocycles. The van der Waals surface area contributed by atoms with Gasteiger partial charge in [0.15, 0.2) is 6.10 Å². The van der Waals surface area contributed by atoms with E-state index in [1.807, 2.05) is 19.1 Å². The second-order valence-corrected chi connectivity index (χ2v) is 7.21. The van der Waals surface area contributed by atoms with Gasteiger partial charge in [0, 0.05) is 12.8 Å². The molecule has 31 heavy (non-hydrogen) atoms. The van der Waals surface area contributed by atoms with Gasteiger partial charge < -0.3 is 19.8 Å². The van der Waals surface area contributed by atoms with E-state index >= 15 is 0 Å². The lowest BCUT2D eigenvalue weighted by Crippen LogP contribution is -2.30. The van der Waals surface area contributed by atoms with Crippen molar-refractivity contribution in [1.29, 1.82) is 0 Å². The SMILES string of the molecule is COc1ccc(C)cc1NC(=O)[C@@H](C)OC(=O)CCCc1nc2ccccc2c(=O)[nH]1. The lowest BCUT2D eigenvalue weighted by Gasteiger charge is -2.15. The molecule has 0 aliphatic carbocycles. The van der Waals surface area contributed by atoms with Crippen LogP contribution in [0.2, 0.25) is 0 Å². The number of anilines is 1. The summed E-state index contributed by atoms with van der Waals surface area (Å²) >= 11 is 0. The largest absolute Gasteiger partial charge is 0.495 e. The molecule has 0 unspecified atom stereocenters. The van der Waals surface area contributed by atoms with Crippen molar-refractivity contribution in [2.24, 2.45) is 0 Å². The average Bonchev–Trinajstić information content (AvgIpc) is 2.74. The fraction of sp³-hybridized carbons (Fsp3) is 0.304. The summed E-state index contributed by atoms with van der Waals surface area (Å²) < 4.78 is 10.5. The highest BCUT2D eigenvalue weighted by Crippen LogP contribution is 2.25. The molecular weight excluding hydrogens is 398 g/mol. The van der Waals surface area contributed by atoms with Gasteiger partial charge in [0.05, 0.1) is 23.7 Å². The van der Waals surface area contributed by atoms with Gasteiger partial charge in [0.1, 0.15) is 11.6 Å². The molecule has 0 aliphatic heterocycles. The molecule has 0 bridgehead atoms. The number of nitrogens with zero attached hydrogens (tertiary/aromatic N) is 1. The Kier molecular flexibility index (Phi) is 7.02.